The van der Waals surface area contributed by atoms with Crippen molar-refractivity contribution in [3.63, 3.8) is 0 Å². The van der Waals surface area contributed by atoms with Crippen LogP contribution in [0.3, 0.4) is 0 Å². The molecule has 1 aromatic carbocycles. The maximum absolute atomic E-state index is 12.0. The van der Waals surface area contributed by atoms with Crippen molar-refractivity contribution in [3.8, 4) is 5.75 Å². The fourth-order valence-corrected chi connectivity index (χ4v) is 3.98. The molecule has 1 aromatic heterocycles. The summed E-state index contributed by atoms with van der Waals surface area (Å²) in [4.78, 5) is 0.0953. The van der Waals surface area contributed by atoms with Crippen LogP contribution in [0.5, 0.6) is 5.75 Å². The van der Waals surface area contributed by atoms with E-state index in [9.17, 15) is 8.42 Å². The number of anilines is 2. The molecule has 0 spiro atoms. The Morgan fingerprint density at radius 2 is 2.19 bits per heavy atom. The highest BCUT2D eigenvalue weighted by Crippen LogP contribution is 2.32. The number of hydrogen-bond donors (Lipinski definition) is 2. The third-order valence-corrected chi connectivity index (χ3v) is 5.70. The molecule has 0 saturated heterocycles. The second kappa shape index (κ2) is 6.31. The third-order valence-electron chi connectivity index (χ3n) is 2.95. The van der Waals surface area contributed by atoms with E-state index < -0.39 is 9.84 Å². The summed E-state index contributed by atoms with van der Waals surface area (Å²) in [6.07, 6.45) is 0. The molecular weight excluding hydrogens is 310 g/mol. The summed E-state index contributed by atoms with van der Waals surface area (Å²) in [6, 6.07) is 7.53. The van der Waals surface area contributed by atoms with Gasteiger partial charge in [0.2, 0.25) is 0 Å². The number of ether oxygens (including phenoxy) is 1. The number of aromatic nitrogens is 1. The molecule has 0 aliphatic heterocycles. The molecule has 0 saturated carbocycles. The average molecular weight is 327 g/mol. The van der Waals surface area contributed by atoms with Gasteiger partial charge in [-0.15, -0.1) is 0 Å². The normalized spacial score (nSPS) is 11.3. The summed E-state index contributed by atoms with van der Waals surface area (Å²) in [6.45, 7) is 2.04. The van der Waals surface area contributed by atoms with Gasteiger partial charge < -0.3 is 15.8 Å². The number of nitrogens with two attached hydrogens (primary N) is 1. The van der Waals surface area contributed by atoms with Crippen molar-refractivity contribution in [2.75, 3.05) is 23.9 Å². The van der Waals surface area contributed by atoms with E-state index in [0.717, 1.165) is 22.8 Å². The largest absolute Gasteiger partial charge is 0.497 e. The highest BCUT2D eigenvalue weighted by atomic mass is 32.2. The molecule has 2 rings (SSSR count). The zero-order chi connectivity index (χ0) is 15.5. The molecule has 0 atom stereocenters. The number of benzene rings is 1. The number of nitrogens with zero attached hydrogens (tertiary/aromatic N) is 1. The van der Waals surface area contributed by atoms with Gasteiger partial charge in [-0.05, 0) is 29.2 Å². The Balaban J connectivity index is 2.21. The second-order valence-electron chi connectivity index (χ2n) is 4.33. The Labute approximate surface area is 128 Å². The van der Waals surface area contributed by atoms with Crippen molar-refractivity contribution in [2.45, 2.75) is 18.4 Å². The monoisotopic (exact) mass is 327 g/mol. The molecule has 1 heterocycles. The van der Waals surface area contributed by atoms with E-state index in [1.165, 1.54) is 0 Å². The SMILES string of the molecule is CCS(=O)(=O)c1c(N)nsc1NCc1cccc(OC)c1. The average Bonchev–Trinajstić information content (AvgIpc) is 2.87. The Hall–Kier alpha value is -1.80. The van der Waals surface area contributed by atoms with Crippen molar-refractivity contribution in [1.29, 1.82) is 0 Å². The summed E-state index contributed by atoms with van der Waals surface area (Å²) < 4.78 is 33.2. The molecular formula is C13H17N3O3S2. The van der Waals surface area contributed by atoms with Gasteiger partial charge in [0.1, 0.15) is 15.6 Å². The highest BCUT2D eigenvalue weighted by molar-refractivity contribution is 7.91. The maximum atomic E-state index is 12.0. The number of methoxy groups -OCH3 is 1. The molecule has 8 heteroatoms. The minimum Gasteiger partial charge on any atom is -0.497 e. The van der Waals surface area contributed by atoms with Crippen LogP contribution in [-0.2, 0) is 16.4 Å². The molecule has 0 aliphatic rings. The first-order chi connectivity index (χ1) is 9.97. The van der Waals surface area contributed by atoms with Gasteiger partial charge in [-0.25, -0.2) is 8.42 Å². The first-order valence-electron chi connectivity index (χ1n) is 6.32. The molecule has 6 nitrogen and oxygen atoms in total. The van der Waals surface area contributed by atoms with Crippen LogP contribution < -0.4 is 15.8 Å². The van der Waals surface area contributed by atoms with Crippen LogP contribution in [0.25, 0.3) is 0 Å². The van der Waals surface area contributed by atoms with E-state index >= 15 is 0 Å². The molecule has 3 N–H and O–H groups in total. The van der Waals surface area contributed by atoms with E-state index in [-0.39, 0.29) is 16.5 Å². The number of nitrogens with one attached hydrogen (secondary N) is 1. The fraction of sp³-hybridized carbons (Fsp3) is 0.308. The quantitative estimate of drug-likeness (QED) is 0.844. The molecule has 0 amide bonds. The van der Waals surface area contributed by atoms with Gasteiger partial charge in [-0.3, -0.25) is 0 Å². The molecule has 0 fully saturated rings. The van der Waals surface area contributed by atoms with Crippen LogP contribution >= 0.6 is 11.5 Å². The Morgan fingerprint density at radius 1 is 1.43 bits per heavy atom. The zero-order valence-electron chi connectivity index (χ0n) is 11.8. The number of rotatable bonds is 6. The predicted octanol–water partition coefficient (Wildman–Crippen LogP) is 2.14. The lowest BCUT2D eigenvalue weighted by Crippen LogP contribution is -2.09. The topological polar surface area (TPSA) is 94.3 Å². The number of nitrogen functional groups attached to an aromatic ring is 1. The first kappa shape index (κ1) is 15.6. The van der Waals surface area contributed by atoms with Crippen LogP contribution in [0.4, 0.5) is 10.8 Å². The maximum Gasteiger partial charge on any atom is 0.184 e. The molecule has 0 aliphatic carbocycles. The number of sulfone groups is 1. The van der Waals surface area contributed by atoms with E-state index in [1.54, 1.807) is 14.0 Å². The van der Waals surface area contributed by atoms with Crippen LogP contribution in [0.1, 0.15) is 12.5 Å². The summed E-state index contributed by atoms with van der Waals surface area (Å²) >= 11 is 1.05. The fourth-order valence-electron chi connectivity index (χ4n) is 1.82. The van der Waals surface area contributed by atoms with Gasteiger partial charge in [-0.2, -0.15) is 4.37 Å². The smallest absolute Gasteiger partial charge is 0.184 e. The summed E-state index contributed by atoms with van der Waals surface area (Å²) in [7, 11) is -1.80. The highest BCUT2D eigenvalue weighted by Gasteiger charge is 2.23. The Morgan fingerprint density at radius 3 is 2.86 bits per heavy atom. The summed E-state index contributed by atoms with van der Waals surface area (Å²) in [5.74, 6) is 0.790. The van der Waals surface area contributed by atoms with Gasteiger partial charge in [-0.1, -0.05) is 19.1 Å². The molecule has 0 bridgehead atoms. The summed E-state index contributed by atoms with van der Waals surface area (Å²) in [5.41, 5.74) is 6.65. The van der Waals surface area contributed by atoms with E-state index in [4.69, 9.17) is 10.5 Å². The van der Waals surface area contributed by atoms with E-state index in [1.807, 2.05) is 24.3 Å². The first-order valence-corrected chi connectivity index (χ1v) is 8.75. The van der Waals surface area contributed by atoms with Crippen molar-refractivity contribution < 1.29 is 13.2 Å². The molecule has 0 radical (unpaired) electrons. The Bertz CT molecular complexity index is 726. The van der Waals surface area contributed by atoms with Gasteiger partial charge in [0.15, 0.2) is 15.7 Å². The molecule has 0 unspecified atom stereocenters. The van der Waals surface area contributed by atoms with Gasteiger partial charge in [0.25, 0.3) is 0 Å². The zero-order valence-corrected chi connectivity index (χ0v) is 13.4. The number of hydrogen-bond acceptors (Lipinski definition) is 7. The van der Waals surface area contributed by atoms with Crippen molar-refractivity contribution >= 4 is 32.2 Å². The lowest BCUT2D eigenvalue weighted by molar-refractivity contribution is 0.414. The van der Waals surface area contributed by atoms with Crippen LogP contribution in [-0.4, -0.2) is 25.7 Å². The standard InChI is InChI=1S/C13H17N3O3S2/c1-3-21(17,18)11-12(14)16-20-13(11)15-8-9-5-4-6-10(7-9)19-2/h4-7,15H,3,8H2,1-2H3,(H2,14,16). The van der Waals surface area contributed by atoms with Gasteiger partial charge >= 0.3 is 0 Å². The third kappa shape index (κ3) is 3.45. The van der Waals surface area contributed by atoms with Crippen LogP contribution in [0.15, 0.2) is 29.2 Å². The van der Waals surface area contributed by atoms with Crippen molar-refractivity contribution in [1.82, 2.24) is 4.37 Å². The lowest BCUT2D eigenvalue weighted by atomic mass is 10.2. The molecule has 114 valence electrons. The van der Waals surface area contributed by atoms with E-state index in [0.29, 0.717) is 11.5 Å². The minimum absolute atomic E-state index is 0.0105. The molecule has 2 aromatic rings. The van der Waals surface area contributed by atoms with Crippen LogP contribution in [0.2, 0.25) is 0 Å². The lowest BCUT2D eigenvalue weighted by Gasteiger charge is -2.08. The van der Waals surface area contributed by atoms with E-state index in [2.05, 4.69) is 9.69 Å². The van der Waals surface area contributed by atoms with Crippen LogP contribution in [0, 0.1) is 0 Å². The van der Waals surface area contributed by atoms with Crippen molar-refractivity contribution in [2.24, 2.45) is 0 Å². The van der Waals surface area contributed by atoms with Gasteiger partial charge in [0, 0.05) is 6.54 Å². The van der Waals surface area contributed by atoms with Crippen molar-refractivity contribution in [3.05, 3.63) is 29.8 Å². The Kier molecular flexibility index (Phi) is 4.69. The minimum atomic E-state index is -3.40. The second-order valence-corrected chi connectivity index (χ2v) is 7.32. The molecule has 21 heavy (non-hydrogen) atoms. The predicted molar refractivity (Wildman–Crippen MR) is 84.6 cm³/mol. The summed E-state index contributed by atoms with van der Waals surface area (Å²) in [5, 5.41) is 3.55. The van der Waals surface area contributed by atoms with Gasteiger partial charge in [0.05, 0.1) is 12.9 Å².